The van der Waals surface area contributed by atoms with E-state index in [1.807, 2.05) is 16.7 Å². The van der Waals surface area contributed by atoms with Gasteiger partial charge in [-0.15, -0.1) is 0 Å². The summed E-state index contributed by atoms with van der Waals surface area (Å²) in [6.45, 7) is 0.578. The maximum atomic E-state index is 13.7. The first-order chi connectivity index (χ1) is 9.27. The molecule has 1 aliphatic heterocycles. The van der Waals surface area contributed by atoms with Gasteiger partial charge in [0, 0.05) is 23.5 Å². The maximum absolute atomic E-state index is 13.7. The van der Waals surface area contributed by atoms with E-state index in [-0.39, 0.29) is 10.9 Å². The van der Waals surface area contributed by atoms with Crippen molar-refractivity contribution in [3.8, 4) is 0 Å². The van der Waals surface area contributed by atoms with Gasteiger partial charge < -0.3 is 4.57 Å². The lowest BCUT2D eigenvalue weighted by Crippen LogP contribution is -2.36. The van der Waals surface area contributed by atoms with E-state index in [1.54, 1.807) is 12.1 Å². The maximum Gasteiger partial charge on any atom is 0.239 e. The molecule has 4 rings (SSSR count). The molecule has 0 spiro atoms. The summed E-state index contributed by atoms with van der Waals surface area (Å²) in [7, 11) is 0. The van der Waals surface area contributed by atoms with Crippen molar-refractivity contribution >= 4 is 27.9 Å². The van der Waals surface area contributed by atoms with Gasteiger partial charge in [-0.3, -0.25) is 9.78 Å². The molecule has 0 aliphatic carbocycles. The molecule has 4 heterocycles. The first-order valence-electron chi connectivity index (χ1n) is 5.89. The first kappa shape index (κ1) is 10.4. The second kappa shape index (κ2) is 3.47. The van der Waals surface area contributed by atoms with Gasteiger partial charge in [-0.25, -0.2) is 4.98 Å². The lowest BCUT2D eigenvalue weighted by atomic mass is 10.1. The first-order valence-corrected chi connectivity index (χ1v) is 5.89. The van der Waals surface area contributed by atoms with Crippen LogP contribution in [0.4, 0.5) is 4.39 Å². The molecule has 5 heteroatoms. The van der Waals surface area contributed by atoms with Crippen molar-refractivity contribution in [2.45, 2.75) is 6.54 Å². The molecule has 0 unspecified atom stereocenters. The zero-order valence-electron chi connectivity index (χ0n) is 9.80. The average Bonchev–Trinajstić information content (AvgIpc) is 2.46. The Balaban J connectivity index is 2.44. The van der Waals surface area contributed by atoms with Gasteiger partial charge in [0.25, 0.3) is 0 Å². The van der Waals surface area contributed by atoms with Crippen LogP contribution < -0.4 is 10.8 Å². The highest BCUT2D eigenvalue weighted by atomic mass is 19.1. The number of pyridine rings is 3. The number of fused-ring (bicyclic) bond motifs is 2. The second-order valence-electron chi connectivity index (χ2n) is 4.44. The quantitative estimate of drug-likeness (QED) is 0.565. The van der Waals surface area contributed by atoms with Crippen LogP contribution in [0.25, 0.3) is 27.9 Å². The zero-order valence-corrected chi connectivity index (χ0v) is 9.80. The van der Waals surface area contributed by atoms with Gasteiger partial charge in [0.05, 0.1) is 17.1 Å². The van der Waals surface area contributed by atoms with Crippen LogP contribution in [-0.4, -0.2) is 14.5 Å². The molecule has 19 heavy (non-hydrogen) atoms. The largest absolute Gasteiger partial charge is 0.333 e. The molecule has 92 valence electrons. The number of rotatable bonds is 0. The SMILES string of the molecule is O=c1c2n(c3cnc(F)c4nccc1c43)CC=CC=2. The van der Waals surface area contributed by atoms with Crippen molar-refractivity contribution in [2.75, 3.05) is 0 Å². The van der Waals surface area contributed by atoms with Gasteiger partial charge in [0.1, 0.15) is 5.52 Å². The van der Waals surface area contributed by atoms with E-state index in [2.05, 4.69) is 9.97 Å². The fourth-order valence-corrected chi connectivity index (χ4v) is 2.59. The highest BCUT2D eigenvalue weighted by Crippen LogP contribution is 2.22. The predicted molar refractivity (Wildman–Crippen MR) is 70.1 cm³/mol. The van der Waals surface area contributed by atoms with Crippen molar-refractivity contribution in [3.63, 3.8) is 0 Å². The zero-order chi connectivity index (χ0) is 13.0. The van der Waals surface area contributed by atoms with Crippen LogP contribution in [0.5, 0.6) is 0 Å². The number of halogens is 1. The summed E-state index contributed by atoms with van der Waals surface area (Å²) in [6.07, 6.45) is 8.46. The van der Waals surface area contributed by atoms with E-state index in [0.29, 0.717) is 22.7 Å². The van der Waals surface area contributed by atoms with E-state index >= 15 is 0 Å². The van der Waals surface area contributed by atoms with Crippen LogP contribution >= 0.6 is 0 Å². The van der Waals surface area contributed by atoms with E-state index < -0.39 is 5.95 Å². The van der Waals surface area contributed by atoms with Gasteiger partial charge in [0.2, 0.25) is 11.4 Å². The molecule has 0 radical (unpaired) electrons. The molecule has 3 aromatic rings. The molecule has 0 fully saturated rings. The van der Waals surface area contributed by atoms with Crippen LogP contribution in [0.15, 0.2) is 35.4 Å². The third kappa shape index (κ3) is 1.24. The van der Waals surface area contributed by atoms with Crippen LogP contribution in [0, 0.1) is 5.95 Å². The molecular formula is C14H8FN3O. The molecular weight excluding hydrogens is 245 g/mol. The molecule has 0 bridgehead atoms. The number of hydrogen-bond acceptors (Lipinski definition) is 3. The molecule has 0 saturated carbocycles. The Hall–Kier alpha value is -2.56. The number of hydrogen-bond donors (Lipinski definition) is 0. The van der Waals surface area contributed by atoms with Crippen molar-refractivity contribution in [1.82, 2.24) is 14.5 Å². The van der Waals surface area contributed by atoms with E-state index in [0.717, 1.165) is 5.52 Å². The lowest BCUT2D eigenvalue weighted by Gasteiger charge is -2.14. The molecule has 0 amide bonds. The fraction of sp³-hybridized carbons (Fsp3) is 0.0714. The Morgan fingerprint density at radius 1 is 1.32 bits per heavy atom. The van der Waals surface area contributed by atoms with Gasteiger partial charge in [-0.1, -0.05) is 12.2 Å². The third-order valence-electron chi connectivity index (χ3n) is 3.44. The van der Waals surface area contributed by atoms with Crippen LogP contribution in [-0.2, 0) is 6.54 Å². The van der Waals surface area contributed by atoms with Crippen molar-refractivity contribution < 1.29 is 4.39 Å². The Labute approximate surface area is 106 Å². The normalized spacial score (nSPS) is 13.7. The minimum absolute atomic E-state index is 0.102. The molecule has 0 saturated heterocycles. The lowest BCUT2D eigenvalue weighted by molar-refractivity contribution is 0.593. The number of aromatic nitrogens is 3. The van der Waals surface area contributed by atoms with Gasteiger partial charge in [-0.2, -0.15) is 4.39 Å². The summed E-state index contributed by atoms with van der Waals surface area (Å²) in [4.78, 5) is 20.2. The minimum atomic E-state index is -0.645. The molecule has 1 aliphatic rings. The second-order valence-corrected chi connectivity index (χ2v) is 4.44. The molecule has 0 N–H and O–H groups in total. The standard InChI is InChI=1S/C14H8FN3O/c15-14-12-11-8(4-5-16-12)13(19)9-3-1-2-6-18(9)10(11)7-17-14/h1-5,7H,6H2. The number of allylic oxidation sites excluding steroid dienone is 2. The molecule has 3 aromatic heterocycles. The van der Waals surface area contributed by atoms with Crippen LogP contribution in [0.1, 0.15) is 0 Å². The van der Waals surface area contributed by atoms with Crippen molar-refractivity contribution in [1.29, 1.82) is 0 Å². The van der Waals surface area contributed by atoms with Crippen molar-refractivity contribution in [3.05, 3.63) is 52.1 Å². The van der Waals surface area contributed by atoms with Crippen LogP contribution in [0.2, 0.25) is 0 Å². The topological polar surface area (TPSA) is 47.8 Å². The van der Waals surface area contributed by atoms with Gasteiger partial charge in [0.15, 0.2) is 0 Å². The molecule has 0 aromatic carbocycles. The van der Waals surface area contributed by atoms with Crippen molar-refractivity contribution in [2.24, 2.45) is 0 Å². The Kier molecular flexibility index (Phi) is 1.90. The monoisotopic (exact) mass is 253 g/mol. The Morgan fingerprint density at radius 2 is 2.21 bits per heavy atom. The van der Waals surface area contributed by atoms with E-state index in [4.69, 9.17) is 0 Å². The van der Waals surface area contributed by atoms with Gasteiger partial charge in [-0.05, 0) is 12.1 Å². The third-order valence-corrected chi connectivity index (χ3v) is 3.44. The van der Waals surface area contributed by atoms with E-state index in [9.17, 15) is 9.18 Å². The summed E-state index contributed by atoms with van der Waals surface area (Å²) in [6, 6.07) is 1.63. The summed E-state index contributed by atoms with van der Waals surface area (Å²) in [5.74, 6) is -0.645. The minimum Gasteiger partial charge on any atom is -0.333 e. The highest BCUT2D eigenvalue weighted by molar-refractivity contribution is 6.06. The Bertz CT molecular complexity index is 972. The molecule has 0 atom stereocenters. The summed E-state index contributed by atoms with van der Waals surface area (Å²) >= 11 is 0. The predicted octanol–water partition coefficient (Wildman–Crippen LogP) is 1.15. The van der Waals surface area contributed by atoms with Gasteiger partial charge >= 0.3 is 0 Å². The molecule has 4 nitrogen and oxygen atoms in total. The van der Waals surface area contributed by atoms with E-state index in [1.165, 1.54) is 12.4 Å². The summed E-state index contributed by atoms with van der Waals surface area (Å²) in [5.41, 5.74) is 0.779. The number of nitrogens with zero attached hydrogens (tertiary/aromatic N) is 3. The highest BCUT2D eigenvalue weighted by Gasteiger charge is 2.15. The Morgan fingerprint density at radius 3 is 3.11 bits per heavy atom. The van der Waals surface area contributed by atoms with Crippen LogP contribution in [0.3, 0.4) is 0 Å². The summed E-state index contributed by atoms with van der Waals surface area (Å²) in [5, 5.41) is 1.63. The summed E-state index contributed by atoms with van der Waals surface area (Å²) < 4.78 is 15.6. The average molecular weight is 253 g/mol. The fourth-order valence-electron chi connectivity index (χ4n) is 2.59. The smallest absolute Gasteiger partial charge is 0.239 e.